The Balaban J connectivity index is 1.99. The van der Waals surface area contributed by atoms with Gasteiger partial charge in [-0.3, -0.25) is 0 Å². The maximum absolute atomic E-state index is 11.0. The second-order valence-electron chi connectivity index (χ2n) is 8.86. The second kappa shape index (κ2) is 10.6. The number of aromatic hydroxyl groups is 4. The van der Waals surface area contributed by atoms with Crippen LogP contribution in [0, 0.1) is 0 Å². The van der Waals surface area contributed by atoms with Gasteiger partial charge in [-0.25, -0.2) is 0 Å². The average molecular weight is 487 g/mol. The molecule has 0 heterocycles. The Kier molecular flexibility index (Phi) is 7.36. The second-order valence-corrected chi connectivity index (χ2v) is 8.86. The monoisotopic (exact) mass is 486 g/mol. The molecule has 186 valence electrons. The molecule has 4 rings (SSSR count). The molecular formula is C30H30O6. The first-order chi connectivity index (χ1) is 17.3. The largest absolute Gasteiger partial charge is 0.513 e. The van der Waals surface area contributed by atoms with E-state index in [2.05, 4.69) is 0 Å². The molecule has 1 aliphatic rings. The molecule has 0 amide bonds. The summed E-state index contributed by atoms with van der Waals surface area (Å²) in [5.74, 6) is -0.108. The number of phenolic OH excluding ortho intramolecular Hbond substituents is 4. The molecule has 6 heteroatoms. The summed E-state index contributed by atoms with van der Waals surface area (Å²) in [6.45, 7) is 1.62. The highest BCUT2D eigenvalue weighted by atomic mass is 16.3. The third-order valence-electron chi connectivity index (χ3n) is 6.53. The van der Waals surface area contributed by atoms with E-state index < -0.39 is 5.92 Å². The average Bonchev–Trinajstić information content (AvgIpc) is 3.17. The van der Waals surface area contributed by atoms with Crippen LogP contribution in [0.4, 0.5) is 0 Å². The van der Waals surface area contributed by atoms with Crippen LogP contribution in [-0.2, 0) is 6.42 Å². The number of rotatable bonds is 8. The van der Waals surface area contributed by atoms with Crippen molar-refractivity contribution in [2.75, 3.05) is 6.61 Å². The Hall–Kier alpha value is -4.16. The number of hydrogen-bond donors (Lipinski definition) is 6. The van der Waals surface area contributed by atoms with Crippen molar-refractivity contribution in [1.82, 2.24) is 0 Å². The summed E-state index contributed by atoms with van der Waals surface area (Å²) >= 11 is 0. The van der Waals surface area contributed by atoms with Gasteiger partial charge >= 0.3 is 0 Å². The van der Waals surface area contributed by atoms with Gasteiger partial charge in [-0.1, -0.05) is 42.8 Å². The van der Waals surface area contributed by atoms with Gasteiger partial charge in [-0.2, -0.15) is 0 Å². The summed E-state index contributed by atoms with van der Waals surface area (Å²) in [5.41, 5.74) is 5.53. The zero-order chi connectivity index (χ0) is 25.8. The summed E-state index contributed by atoms with van der Waals surface area (Å²) in [5, 5.41) is 61.1. The Morgan fingerprint density at radius 2 is 1.47 bits per heavy atom. The molecule has 0 saturated carbocycles. The van der Waals surface area contributed by atoms with Gasteiger partial charge in [0.25, 0.3) is 0 Å². The summed E-state index contributed by atoms with van der Waals surface area (Å²) in [7, 11) is 0. The number of aliphatic hydroxyl groups excluding tert-OH is 2. The predicted molar refractivity (Wildman–Crippen MR) is 140 cm³/mol. The van der Waals surface area contributed by atoms with Crippen molar-refractivity contribution < 1.29 is 30.6 Å². The van der Waals surface area contributed by atoms with Crippen molar-refractivity contribution >= 4 is 11.1 Å². The predicted octanol–water partition coefficient (Wildman–Crippen LogP) is 5.92. The molecule has 0 spiro atoms. The van der Waals surface area contributed by atoms with E-state index in [9.17, 15) is 30.6 Å². The fourth-order valence-electron chi connectivity index (χ4n) is 4.82. The maximum Gasteiger partial charge on any atom is 0.124 e. The number of allylic oxidation sites excluding steroid dienone is 5. The van der Waals surface area contributed by atoms with Crippen LogP contribution in [0.15, 0.2) is 84.1 Å². The third-order valence-corrected chi connectivity index (χ3v) is 6.53. The van der Waals surface area contributed by atoms with E-state index in [4.69, 9.17) is 0 Å². The van der Waals surface area contributed by atoms with E-state index in [1.807, 2.05) is 19.1 Å². The summed E-state index contributed by atoms with van der Waals surface area (Å²) in [6.07, 6.45) is 4.65. The molecule has 0 aliphatic heterocycles. The van der Waals surface area contributed by atoms with Crippen LogP contribution >= 0.6 is 0 Å². The van der Waals surface area contributed by atoms with E-state index in [1.54, 1.807) is 54.6 Å². The lowest BCUT2D eigenvalue weighted by atomic mass is 9.82. The Morgan fingerprint density at radius 3 is 2.08 bits per heavy atom. The van der Waals surface area contributed by atoms with Crippen molar-refractivity contribution in [1.29, 1.82) is 0 Å². The van der Waals surface area contributed by atoms with Gasteiger partial charge in [0, 0.05) is 24.0 Å². The molecule has 0 radical (unpaired) electrons. The summed E-state index contributed by atoms with van der Waals surface area (Å²) in [6, 6.07) is 16.6. The van der Waals surface area contributed by atoms with Gasteiger partial charge in [0.1, 0.15) is 23.0 Å². The minimum atomic E-state index is -0.467. The molecule has 0 bridgehead atoms. The molecule has 6 nitrogen and oxygen atoms in total. The highest BCUT2D eigenvalue weighted by molar-refractivity contribution is 6.02. The maximum atomic E-state index is 11.0. The van der Waals surface area contributed by atoms with E-state index in [-0.39, 0.29) is 35.4 Å². The summed E-state index contributed by atoms with van der Waals surface area (Å²) in [4.78, 5) is 0. The van der Waals surface area contributed by atoms with Crippen LogP contribution in [0.2, 0.25) is 0 Å². The molecule has 1 atom stereocenters. The molecule has 0 fully saturated rings. The van der Waals surface area contributed by atoms with Gasteiger partial charge < -0.3 is 30.6 Å². The summed E-state index contributed by atoms with van der Waals surface area (Å²) < 4.78 is 0. The number of benzene rings is 3. The van der Waals surface area contributed by atoms with Crippen molar-refractivity contribution in [2.24, 2.45) is 0 Å². The van der Waals surface area contributed by atoms with Crippen LogP contribution < -0.4 is 0 Å². The van der Waals surface area contributed by atoms with Gasteiger partial charge in [0.05, 0.1) is 12.4 Å². The van der Waals surface area contributed by atoms with Gasteiger partial charge in [-0.15, -0.1) is 0 Å². The first-order valence-corrected chi connectivity index (χ1v) is 11.9. The van der Waals surface area contributed by atoms with Gasteiger partial charge in [-0.05, 0) is 77.1 Å². The number of aliphatic hydroxyl groups is 2. The normalized spacial score (nSPS) is 15.9. The molecule has 36 heavy (non-hydrogen) atoms. The molecule has 1 aliphatic carbocycles. The zero-order valence-electron chi connectivity index (χ0n) is 20.0. The lowest BCUT2D eigenvalue weighted by Crippen LogP contribution is -2.05. The quantitative estimate of drug-likeness (QED) is 0.174. The smallest absolute Gasteiger partial charge is 0.124 e. The molecular weight excluding hydrogens is 456 g/mol. The lowest BCUT2D eigenvalue weighted by molar-refractivity contribution is 0.341. The van der Waals surface area contributed by atoms with Crippen LogP contribution in [0.5, 0.6) is 23.0 Å². The molecule has 0 saturated heterocycles. The SMILES string of the molecule is CC/C(O)=C\C/C(=C\CO)[C@@H]1C(c2ccc(O)cc2)=C(Cc2ccc(O)cc2)c2cc(O)cc(O)c21. The molecule has 3 aromatic carbocycles. The van der Waals surface area contributed by atoms with E-state index in [1.165, 1.54) is 6.07 Å². The van der Waals surface area contributed by atoms with Crippen LogP contribution in [-0.4, -0.2) is 37.2 Å². The number of hydrogen-bond acceptors (Lipinski definition) is 6. The fraction of sp³-hybridized carbons (Fsp3) is 0.200. The molecule has 3 aromatic rings. The minimum absolute atomic E-state index is 0.0699. The first-order valence-electron chi connectivity index (χ1n) is 11.9. The van der Waals surface area contributed by atoms with Crippen LogP contribution in [0.3, 0.4) is 0 Å². The highest BCUT2D eigenvalue weighted by Crippen LogP contribution is 2.55. The van der Waals surface area contributed by atoms with E-state index in [0.717, 1.165) is 27.8 Å². The van der Waals surface area contributed by atoms with Gasteiger partial charge in [0.15, 0.2) is 0 Å². The molecule has 6 N–H and O–H groups in total. The fourth-order valence-corrected chi connectivity index (χ4v) is 4.82. The van der Waals surface area contributed by atoms with Crippen molar-refractivity contribution in [2.45, 2.75) is 32.1 Å². The lowest BCUT2D eigenvalue weighted by Gasteiger charge is -2.22. The zero-order valence-corrected chi connectivity index (χ0v) is 20.0. The Morgan fingerprint density at radius 1 is 0.833 bits per heavy atom. The van der Waals surface area contributed by atoms with Crippen molar-refractivity contribution in [3.63, 3.8) is 0 Å². The standard InChI is InChI=1S/C30H30O6/c1-2-21(32)10-5-20(13-14-31)29-28(19-6-11-23(34)12-7-19)25(15-18-3-8-22(33)9-4-18)26-16-24(35)17-27(36)30(26)29/h3-4,6-13,16-17,29,31-36H,2,5,14-15H2,1H3/b20-13+,21-10+/t29-/m1/s1. The van der Waals surface area contributed by atoms with Crippen LogP contribution in [0.1, 0.15) is 47.9 Å². The van der Waals surface area contributed by atoms with Crippen LogP contribution in [0.25, 0.3) is 11.1 Å². The highest BCUT2D eigenvalue weighted by Gasteiger charge is 2.36. The van der Waals surface area contributed by atoms with Crippen molar-refractivity contribution in [3.05, 3.63) is 106 Å². The third kappa shape index (κ3) is 5.09. The first kappa shape index (κ1) is 24.9. The number of fused-ring (bicyclic) bond motifs is 1. The number of phenols is 4. The minimum Gasteiger partial charge on any atom is -0.513 e. The Bertz CT molecular complexity index is 1330. The Labute approximate surface area is 210 Å². The molecule has 0 aromatic heterocycles. The topological polar surface area (TPSA) is 121 Å². The van der Waals surface area contributed by atoms with E-state index in [0.29, 0.717) is 30.4 Å². The van der Waals surface area contributed by atoms with Gasteiger partial charge in [0.2, 0.25) is 0 Å². The van der Waals surface area contributed by atoms with Crippen molar-refractivity contribution in [3.8, 4) is 23.0 Å². The van der Waals surface area contributed by atoms with E-state index >= 15 is 0 Å². The molecule has 0 unspecified atom stereocenters.